The average Bonchev–Trinajstić information content (AvgIpc) is 3.07. The van der Waals surface area contributed by atoms with Crippen molar-refractivity contribution in [1.82, 2.24) is 4.98 Å². The summed E-state index contributed by atoms with van der Waals surface area (Å²) in [5.41, 5.74) is 0.812. The number of oxime groups is 1. The van der Waals surface area contributed by atoms with Crippen LogP contribution in [0.2, 0.25) is 0 Å². The van der Waals surface area contributed by atoms with E-state index in [1.54, 1.807) is 12.3 Å². The van der Waals surface area contributed by atoms with Crippen molar-refractivity contribution >= 4 is 28.1 Å². The zero-order valence-electron chi connectivity index (χ0n) is 12.8. The van der Waals surface area contributed by atoms with Crippen molar-refractivity contribution in [2.75, 3.05) is 5.32 Å². The highest BCUT2D eigenvalue weighted by molar-refractivity contribution is 7.14. The maximum atomic E-state index is 12.7. The highest BCUT2D eigenvalue weighted by Crippen LogP contribution is 2.44. The van der Waals surface area contributed by atoms with Crippen LogP contribution in [-0.2, 0) is 4.79 Å². The van der Waals surface area contributed by atoms with Crippen LogP contribution in [0.25, 0.3) is 0 Å². The molecule has 21 heavy (non-hydrogen) atoms. The molecule has 1 aromatic rings. The van der Waals surface area contributed by atoms with Crippen LogP contribution in [0.3, 0.4) is 0 Å². The average molecular weight is 309 g/mol. The molecule has 0 atom stereocenters. The quantitative estimate of drug-likeness (QED) is 0.492. The first kappa shape index (κ1) is 15.9. The van der Waals surface area contributed by atoms with E-state index in [1.165, 1.54) is 11.3 Å². The van der Waals surface area contributed by atoms with Gasteiger partial charge in [-0.15, -0.1) is 11.3 Å². The first-order chi connectivity index (χ1) is 9.97. The smallest absolute Gasteiger partial charge is 0.232 e. The van der Waals surface area contributed by atoms with E-state index < -0.39 is 0 Å². The monoisotopic (exact) mass is 309 g/mol. The highest BCUT2D eigenvalue weighted by Gasteiger charge is 2.41. The van der Waals surface area contributed by atoms with Crippen molar-refractivity contribution in [3.8, 4) is 0 Å². The molecular weight excluding hydrogens is 286 g/mol. The van der Waals surface area contributed by atoms with Crippen molar-refractivity contribution in [3.05, 3.63) is 11.1 Å². The van der Waals surface area contributed by atoms with E-state index in [1.807, 2.05) is 0 Å². The minimum Gasteiger partial charge on any atom is -0.411 e. The van der Waals surface area contributed by atoms with Gasteiger partial charge in [-0.2, -0.15) is 0 Å². The van der Waals surface area contributed by atoms with Gasteiger partial charge in [0.05, 0.1) is 0 Å². The molecule has 1 heterocycles. The van der Waals surface area contributed by atoms with E-state index >= 15 is 0 Å². The second kappa shape index (κ2) is 6.56. The number of hydrogen-bond acceptors (Lipinski definition) is 5. The van der Waals surface area contributed by atoms with E-state index in [-0.39, 0.29) is 11.3 Å². The van der Waals surface area contributed by atoms with Gasteiger partial charge in [0.1, 0.15) is 11.4 Å². The Labute approximate surface area is 129 Å². The summed E-state index contributed by atoms with van der Waals surface area (Å²) < 4.78 is 0. The van der Waals surface area contributed by atoms with Gasteiger partial charge in [0.2, 0.25) is 5.91 Å². The first-order valence-electron chi connectivity index (χ1n) is 7.43. The third-order valence-electron chi connectivity index (χ3n) is 4.09. The molecule has 1 saturated carbocycles. The summed E-state index contributed by atoms with van der Waals surface area (Å²) in [6.07, 6.45) is 5.10. The van der Waals surface area contributed by atoms with Crippen molar-refractivity contribution in [2.24, 2.45) is 16.5 Å². The van der Waals surface area contributed by atoms with Crippen LogP contribution in [0.4, 0.5) is 5.13 Å². The van der Waals surface area contributed by atoms with Crippen LogP contribution < -0.4 is 5.32 Å². The van der Waals surface area contributed by atoms with Gasteiger partial charge in [0.15, 0.2) is 5.13 Å². The van der Waals surface area contributed by atoms with Gasteiger partial charge in [0, 0.05) is 10.8 Å². The molecule has 0 bridgehead atoms. The number of nitrogens with zero attached hydrogens (tertiary/aromatic N) is 2. The predicted molar refractivity (Wildman–Crippen MR) is 85.1 cm³/mol. The number of hydrogen-bond donors (Lipinski definition) is 2. The fraction of sp³-hybridized carbons (Fsp3) is 0.667. The molecule has 1 aliphatic rings. The third kappa shape index (κ3) is 3.61. The Morgan fingerprint density at radius 1 is 1.52 bits per heavy atom. The Morgan fingerprint density at radius 3 is 2.76 bits per heavy atom. The second-order valence-corrected chi connectivity index (χ2v) is 7.12. The molecular formula is C15H23N3O2S. The Hall–Kier alpha value is -1.43. The molecule has 0 saturated heterocycles. The molecule has 1 amide bonds. The van der Waals surface area contributed by atoms with E-state index in [4.69, 9.17) is 5.21 Å². The number of anilines is 1. The van der Waals surface area contributed by atoms with Crippen LogP contribution in [0.1, 0.15) is 58.6 Å². The van der Waals surface area contributed by atoms with Crippen LogP contribution in [0.5, 0.6) is 0 Å². The molecule has 116 valence electrons. The Bertz CT molecular complexity index is 531. The number of carbonyl (C=O) groups excluding carboxylic acids is 1. The fourth-order valence-corrected chi connectivity index (χ4v) is 3.88. The van der Waals surface area contributed by atoms with Crippen LogP contribution in [0, 0.1) is 11.3 Å². The predicted octanol–water partition coefficient (Wildman–Crippen LogP) is 3.89. The molecule has 1 aliphatic carbocycles. The summed E-state index contributed by atoms with van der Waals surface area (Å²) in [6.45, 7) is 6.00. The molecule has 0 unspecified atom stereocenters. The lowest BCUT2D eigenvalue weighted by atomic mass is 9.78. The van der Waals surface area contributed by atoms with Crippen molar-refractivity contribution in [2.45, 2.75) is 52.9 Å². The molecule has 0 aromatic carbocycles. The van der Waals surface area contributed by atoms with E-state index in [0.29, 0.717) is 22.5 Å². The van der Waals surface area contributed by atoms with Gasteiger partial charge in [-0.1, -0.05) is 31.8 Å². The van der Waals surface area contributed by atoms with Crippen LogP contribution >= 0.6 is 11.3 Å². The van der Waals surface area contributed by atoms with Gasteiger partial charge in [-0.05, 0) is 32.1 Å². The zero-order valence-corrected chi connectivity index (χ0v) is 13.7. The number of amides is 1. The molecule has 1 fully saturated rings. The maximum Gasteiger partial charge on any atom is 0.232 e. The number of thiazole rings is 1. The lowest BCUT2D eigenvalue weighted by molar-refractivity contribution is -0.126. The number of carbonyl (C=O) groups is 1. The summed E-state index contributed by atoms with van der Waals surface area (Å²) in [4.78, 5) is 17.0. The Morgan fingerprint density at radius 2 is 2.19 bits per heavy atom. The van der Waals surface area contributed by atoms with Crippen LogP contribution in [-0.4, -0.2) is 21.8 Å². The van der Waals surface area contributed by atoms with Gasteiger partial charge >= 0.3 is 0 Å². The molecule has 2 N–H and O–H groups in total. The summed E-state index contributed by atoms with van der Waals surface area (Å²) in [6, 6.07) is 0. The maximum absolute atomic E-state index is 12.7. The van der Waals surface area contributed by atoms with E-state index in [0.717, 1.165) is 32.1 Å². The molecule has 2 rings (SSSR count). The zero-order chi connectivity index (χ0) is 15.5. The molecule has 0 radical (unpaired) electrons. The molecule has 6 heteroatoms. The van der Waals surface area contributed by atoms with E-state index in [2.05, 4.69) is 29.3 Å². The van der Waals surface area contributed by atoms with Crippen molar-refractivity contribution in [1.29, 1.82) is 0 Å². The Balaban J connectivity index is 2.10. The minimum absolute atomic E-state index is 0.0909. The molecule has 0 spiro atoms. The molecule has 5 nitrogen and oxygen atoms in total. The van der Waals surface area contributed by atoms with Gasteiger partial charge in [0.25, 0.3) is 0 Å². The molecule has 0 aliphatic heterocycles. The van der Waals surface area contributed by atoms with Crippen molar-refractivity contribution < 1.29 is 10.0 Å². The SMILES string of the molecule is CC(=NO)c1csc(NC(=O)C2(CC(C)C)CCCC2)n1. The lowest BCUT2D eigenvalue weighted by Crippen LogP contribution is -2.35. The normalized spacial score (nSPS) is 18.2. The summed E-state index contributed by atoms with van der Waals surface area (Å²) in [5.74, 6) is 0.595. The number of nitrogens with one attached hydrogen (secondary N) is 1. The summed E-state index contributed by atoms with van der Waals surface area (Å²) >= 11 is 1.36. The van der Waals surface area contributed by atoms with Gasteiger partial charge in [-0.25, -0.2) is 4.98 Å². The largest absolute Gasteiger partial charge is 0.411 e. The molecule has 1 aromatic heterocycles. The van der Waals surface area contributed by atoms with Gasteiger partial charge < -0.3 is 10.5 Å². The standard InChI is InChI=1S/C15H23N3O2S/c1-10(2)8-15(6-4-5-7-15)13(19)17-14-16-12(9-21-14)11(3)18-20/h9-10,20H,4-8H2,1-3H3,(H,16,17,19). The van der Waals surface area contributed by atoms with Gasteiger partial charge in [-0.3, -0.25) is 4.79 Å². The first-order valence-corrected chi connectivity index (χ1v) is 8.31. The number of rotatable bonds is 5. The summed E-state index contributed by atoms with van der Waals surface area (Å²) in [7, 11) is 0. The minimum atomic E-state index is -0.236. The van der Waals surface area contributed by atoms with Crippen LogP contribution in [0.15, 0.2) is 10.5 Å². The second-order valence-electron chi connectivity index (χ2n) is 6.26. The highest BCUT2D eigenvalue weighted by atomic mass is 32.1. The van der Waals surface area contributed by atoms with E-state index in [9.17, 15) is 4.79 Å². The Kier molecular flexibility index (Phi) is 4.98. The fourth-order valence-electron chi connectivity index (χ4n) is 3.14. The third-order valence-corrected chi connectivity index (χ3v) is 4.84. The number of aromatic nitrogens is 1. The summed E-state index contributed by atoms with van der Waals surface area (Å²) in [5, 5.41) is 17.2. The van der Waals surface area contributed by atoms with Crippen molar-refractivity contribution in [3.63, 3.8) is 0 Å². The topological polar surface area (TPSA) is 74.6 Å². The lowest BCUT2D eigenvalue weighted by Gasteiger charge is -2.28.